The lowest BCUT2D eigenvalue weighted by atomic mass is 10.2. The first-order chi connectivity index (χ1) is 4.81. The lowest BCUT2D eigenvalue weighted by molar-refractivity contribution is -0.110. The molecule has 3 heteroatoms. The minimum absolute atomic E-state index is 0.380. The zero-order chi connectivity index (χ0) is 7.82. The van der Waals surface area contributed by atoms with E-state index in [1.54, 1.807) is 0 Å². The second-order valence-electron chi connectivity index (χ2n) is 2.45. The molecule has 0 aliphatic carbocycles. The zero-order valence-electron chi connectivity index (χ0n) is 6.68. The van der Waals surface area contributed by atoms with Gasteiger partial charge in [0.1, 0.15) is 0 Å². The number of carbonyl (C=O) groups excluding carboxylic acids is 1. The van der Waals surface area contributed by atoms with Crippen LogP contribution in [-0.4, -0.2) is 12.5 Å². The van der Waals surface area contributed by atoms with Gasteiger partial charge in [-0.1, -0.05) is 19.8 Å². The summed E-state index contributed by atoms with van der Waals surface area (Å²) in [5.41, 5.74) is 5.28. The van der Waals surface area contributed by atoms with E-state index >= 15 is 0 Å². The van der Waals surface area contributed by atoms with Gasteiger partial charge in [0.2, 0.25) is 6.41 Å². The van der Waals surface area contributed by atoms with Crippen LogP contribution < -0.4 is 10.9 Å². The minimum atomic E-state index is 0.380. The molecule has 0 saturated heterocycles. The molecule has 0 heterocycles. The van der Waals surface area contributed by atoms with Crippen LogP contribution in [0.2, 0.25) is 0 Å². The highest BCUT2D eigenvalue weighted by atomic mass is 16.1. The Hall–Kier alpha value is -0.570. The smallest absolute Gasteiger partial charge is 0.221 e. The van der Waals surface area contributed by atoms with Crippen LogP contribution in [0.3, 0.4) is 0 Å². The molecular formula is C7H16N2O. The first-order valence-electron chi connectivity index (χ1n) is 3.76. The normalized spacial score (nSPS) is 12.6. The SMILES string of the molecule is CCCCC(C)NNC=O. The number of hydrogen-bond acceptors (Lipinski definition) is 2. The lowest BCUT2D eigenvalue weighted by Crippen LogP contribution is -2.37. The molecule has 3 nitrogen and oxygen atoms in total. The molecule has 0 aromatic rings. The molecule has 0 fully saturated rings. The van der Waals surface area contributed by atoms with E-state index in [0.717, 1.165) is 6.42 Å². The Bertz CT molecular complexity index is 85.7. The fourth-order valence-electron chi connectivity index (χ4n) is 0.759. The van der Waals surface area contributed by atoms with Crippen molar-refractivity contribution < 1.29 is 4.79 Å². The van der Waals surface area contributed by atoms with Crippen LogP contribution in [-0.2, 0) is 4.79 Å². The Labute approximate surface area is 62.2 Å². The number of nitrogens with one attached hydrogen (secondary N) is 2. The van der Waals surface area contributed by atoms with Crippen LogP contribution in [0.1, 0.15) is 33.1 Å². The number of hydrogen-bond donors (Lipinski definition) is 2. The third kappa shape index (κ3) is 5.56. The van der Waals surface area contributed by atoms with Crippen molar-refractivity contribution in [3.8, 4) is 0 Å². The van der Waals surface area contributed by atoms with Crippen molar-refractivity contribution >= 4 is 6.41 Å². The number of amides is 1. The Morgan fingerprint density at radius 2 is 2.30 bits per heavy atom. The molecule has 0 aliphatic rings. The topological polar surface area (TPSA) is 41.1 Å². The molecule has 1 atom stereocenters. The number of unbranched alkanes of at least 4 members (excludes halogenated alkanes) is 1. The van der Waals surface area contributed by atoms with Crippen molar-refractivity contribution in [1.82, 2.24) is 10.9 Å². The van der Waals surface area contributed by atoms with Crippen molar-refractivity contribution in [3.63, 3.8) is 0 Å². The van der Waals surface area contributed by atoms with Gasteiger partial charge in [0.05, 0.1) is 0 Å². The summed E-state index contributed by atoms with van der Waals surface area (Å²) >= 11 is 0. The number of hydrazine groups is 1. The van der Waals surface area contributed by atoms with Gasteiger partial charge >= 0.3 is 0 Å². The molecule has 0 aromatic carbocycles. The molecular weight excluding hydrogens is 128 g/mol. The second-order valence-corrected chi connectivity index (χ2v) is 2.45. The van der Waals surface area contributed by atoms with Gasteiger partial charge in [-0.2, -0.15) is 0 Å². The first-order valence-corrected chi connectivity index (χ1v) is 3.76. The van der Waals surface area contributed by atoms with E-state index in [0.29, 0.717) is 12.5 Å². The molecule has 0 rings (SSSR count). The van der Waals surface area contributed by atoms with Gasteiger partial charge in [0.15, 0.2) is 0 Å². The fraction of sp³-hybridized carbons (Fsp3) is 0.857. The van der Waals surface area contributed by atoms with E-state index in [9.17, 15) is 4.79 Å². The maximum atomic E-state index is 9.81. The maximum Gasteiger partial charge on any atom is 0.221 e. The van der Waals surface area contributed by atoms with Gasteiger partial charge in [-0.05, 0) is 13.3 Å². The van der Waals surface area contributed by atoms with Crippen molar-refractivity contribution in [2.24, 2.45) is 0 Å². The van der Waals surface area contributed by atoms with Crippen molar-refractivity contribution in [2.45, 2.75) is 39.2 Å². The van der Waals surface area contributed by atoms with Crippen LogP contribution in [0.15, 0.2) is 0 Å². The predicted molar refractivity (Wildman–Crippen MR) is 41.3 cm³/mol. The molecule has 0 saturated carbocycles. The van der Waals surface area contributed by atoms with E-state index in [4.69, 9.17) is 0 Å². The average Bonchev–Trinajstić information content (AvgIpc) is 1.97. The van der Waals surface area contributed by atoms with Crippen molar-refractivity contribution in [2.75, 3.05) is 0 Å². The van der Waals surface area contributed by atoms with Gasteiger partial charge in [0, 0.05) is 6.04 Å². The minimum Gasteiger partial charge on any atom is -0.294 e. The number of carbonyl (C=O) groups is 1. The fourth-order valence-corrected chi connectivity index (χ4v) is 0.759. The zero-order valence-corrected chi connectivity index (χ0v) is 6.68. The molecule has 0 aromatic heterocycles. The Kier molecular flexibility index (Phi) is 6.18. The van der Waals surface area contributed by atoms with Crippen LogP contribution >= 0.6 is 0 Å². The Morgan fingerprint density at radius 3 is 2.80 bits per heavy atom. The summed E-state index contributed by atoms with van der Waals surface area (Å²) < 4.78 is 0. The maximum absolute atomic E-state index is 9.81. The molecule has 0 spiro atoms. The van der Waals surface area contributed by atoms with Gasteiger partial charge in [-0.3, -0.25) is 10.2 Å². The third-order valence-corrected chi connectivity index (χ3v) is 1.38. The van der Waals surface area contributed by atoms with E-state index in [1.165, 1.54) is 12.8 Å². The van der Waals surface area contributed by atoms with Gasteiger partial charge in [0.25, 0.3) is 0 Å². The van der Waals surface area contributed by atoms with Gasteiger partial charge in [-0.25, -0.2) is 5.43 Å². The predicted octanol–water partition coefficient (Wildman–Crippen LogP) is 0.816. The molecule has 0 radical (unpaired) electrons. The van der Waals surface area contributed by atoms with Gasteiger partial charge in [-0.15, -0.1) is 0 Å². The molecule has 1 amide bonds. The van der Waals surface area contributed by atoms with Crippen LogP contribution in [0.5, 0.6) is 0 Å². The summed E-state index contributed by atoms with van der Waals surface area (Å²) in [6.45, 7) is 4.20. The molecule has 1 unspecified atom stereocenters. The monoisotopic (exact) mass is 144 g/mol. The average molecular weight is 144 g/mol. The van der Waals surface area contributed by atoms with Crippen molar-refractivity contribution in [3.05, 3.63) is 0 Å². The van der Waals surface area contributed by atoms with Crippen LogP contribution in [0.25, 0.3) is 0 Å². The first kappa shape index (κ1) is 9.43. The lowest BCUT2D eigenvalue weighted by Gasteiger charge is -2.10. The van der Waals surface area contributed by atoms with E-state index in [1.807, 2.05) is 6.92 Å². The van der Waals surface area contributed by atoms with Crippen LogP contribution in [0, 0.1) is 0 Å². The molecule has 0 bridgehead atoms. The highest BCUT2D eigenvalue weighted by molar-refractivity contribution is 5.44. The summed E-state index contributed by atoms with van der Waals surface area (Å²) in [7, 11) is 0. The second kappa shape index (κ2) is 6.55. The van der Waals surface area contributed by atoms with Crippen LogP contribution in [0.4, 0.5) is 0 Å². The Balaban J connectivity index is 3.07. The summed E-state index contributed by atoms with van der Waals surface area (Å²) in [5.74, 6) is 0. The summed E-state index contributed by atoms with van der Waals surface area (Å²) in [6.07, 6.45) is 4.17. The largest absolute Gasteiger partial charge is 0.294 e. The summed E-state index contributed by atoms with van der Waals surface area (Å²) in [6, 6.07) is 0.380. The third-order valence-electron chi connectivity index (χ3n) is 1.38. The number of rotatable bonds is 6. The Morgan fingerprint density at radius 1 is 1.60 bits per heavy atom. The summed E-state index contributed by atoms with van der Waals surface area (Å²) in [4.78, 5) is 9.81. The standard InChI is InChI=1S/C7H16N2O/c1-3-4-5-7(2)9-8-6-10/h6-7,9H,3-5H2,1-2H3,(H,8,10). The van der Waals surface area contributed by atoms with E-state index in [-0.39, 0.29) is 0 Å². The molecule has 60 valence electrons. The van der Waals surface area contributed by atoms with E-state index < -0.39 is 0 Å². The highest BCUT2D eigenvalue weighted by Gasteiger charge is 1.96. The molecule has 2 N–H and O–H groups in total. The highest BCUT2D eigenvalue weighted by Crippen LogP contribution is 1.97. The van der Waals surface area contributed by atoms with E-state index in [2.05, 4.69) is 17.8 Å². The van der Waals surface area contributed by atoms with Gasteiger partial charge < -0.3 is 0 Å². The quantitative estimate of drug-likeness (QED) is 0.428. The molecule has 10 heavy (non-hydrogen) atoms. The summed E-state index contributed by atoms with van der Waals surface area (Å²) in [5, 5.41) is 0. The molecule has 0 aliphatic heterocycles. The van der Waals surface area contributed by atoms with Crippen molar-refractivity contribution in [1.29, 1.82) is 0 Å².